The molecule has 0 heterocycles. The Kier molecular flexibility index (Phi) is 10.0. The molecular formula is C25H33Cl2N3O5S. The molecule has 0 bridgehead atoms. The monoisotopic (exact) mass is 557 g/mol. The predicted molar refractivity (Wildman–Crippen MR) is 144 cm³/mol. The molecule has 0 spiro atoms. The Balaban J connectivity index is 2.51. The molecule has 1 atom stereocenters. The van der Waals surface area contributed by atoms with Crippen LogP contribution in [0.1, 0.15) is 39.7 Å². The predicted octanol–water partition coefficient (Wildman–Crippen LogP) is 4.49. The molecule has 1 N–H and O–H groups in total. The van der Waals surface area contributed by atoms with Crippen LogP contribution < -0.4 is 14.4 Å². The maximum Gasteiger partial charge on any atom is 0.244 e. The number of sulfonamides is 1. The molecule has 0 fully saturated rings. The molecule has 2 aromatic carbocycles. The van der Waals surface area contributed by atoms with Gasteiger partial charge in [-0.25, -0.2) is 8.42 Å². The van der Waals surface area contributed by atoms with Crippen molar-refractivity contribution in [3.05, 3.63) is 58.1 Å². The summed E-state index contributed by atoms with van der Waals surface area (Å²) in [7, 11) is -2.39. The fraction of sp³-hybridized carbons (Fsp3) is 0.440. The van der Waals surface area contributed by atoms with Crippen molar-refractivity contribution in [1.29, 1.82) is 0 Å². The van der Waals surface area contributed by atoms with E-state index in [4.69, 9.17) is 27.9 Å². The highest BCUT2D eigenvalue weighted by Gasteiger charge is 2.33. The Labute approximate surface area is 223 Å². The number of hydrogen-bond donors (Lipinski definition) is 1. The van der Waals surface area contributed by atoms with Gasteiger partial charge in [-0.1, -0.05) is 42.3 Å². The lowest BCUT2D eigenvalue weighted by molar-refractivity contribution is -0.141. The molecule has 2 amide bonds. The van der Waals surface area contributed by atoms with Gasteiger partial charge in [-0.15, -0.1) is 0 Å². The number of carbonyl (C=O) groups is 2. The van der Waals surface area contributed by atoms with Crippen molar-refractivity contribution in [3.63, 3.8) is 0 Å². The second kappa shape index (κ2) is 12.2. The van der Waals surface area contributed by atoms with Crippen molar-refractivity contribution in [2.24, 2.45) is 0 Å². The Bertz CT molecular complexity index is 1200. The smallest absolute Gasteiger partial charge is 0.244 e. The molecule has 0 aliphatic carbocycles. The highest BCUT2D eigenvalue weighted by molar-refractivity contribution is 7.92. The standard InChI is InChI=1S/C25H33Cl2N3O5S/c1-7-22(24(32)28-25(2,3)4)29(15-17-11-12-18(26)13-21(17)27)23(31)16-30(36(6,33)34)19-9-8-10-20(14-19)35-5/h8-14,22H,7,15-16H2,1-6H3,(H,28,32)/t22-/m0/s1. The summed E-state index contributed by atoms with van der Waals surface area (Å²) in [5.41, 5.74) is 0.307. The molecule has 0 aliphatic rings. The minimum Gasteiger partial charge on any atom is -0.497 e. The zero-order valence-electron chi connectivity index (χ0n) is 21.3. The lowest BCUT2D eigenvalue weighted by atomic mass is 10.1. The average molecular weight is 559 g/mol. The van der Waals surface area contributed by atoms with Crippen molar-refractivity contribution in [1.82, 2.24) is 10.2 Å². The second-order valence-electron chi connectivity index (χ2n) is 9.39. The van der Waals surface area contributed by atoms with Gasteiger partial charge in [-0.3, -0.25) is 13.9 Å². The topological polar surface area (TPSA) is 96.0 Å². The SMILES string of the molecule is CC[C@@H](C(=O)NC(C)(C)C)N(Cc1ccc(Cl)cc1Cl)C(=O)CN(c1cccc(OC)c1)S(C)(=O)=O. The number of amides is 2. The summed E-state index contributed by atoms with van der Waals surface area (Å²) < 4.78 is 31.6. The molecule has 198 valence electrons. The van der Waals surface area contributed by atoms with Gasteiger partial charge in [-0.2, -0.15) is 0 Å². The zero-order chi connectivity index (χ0) is 27.3. The number of nitrogens with one attached hydrogen (secondary N) is 1. The lowest BCUT2D eigenvalue weighted by Gasteiger charge is -2.34. The van der Waals surface area contributed by atoms with Crippen molar-refractivity contribution < 1.29 is 22.7 Å². The normalized spacial score (nSPS) is 12.6. The van der Waals surface area contributed by atoms with Gasteiger partial charge in [0.2, 0.25) is 21.8 Å². The van der Waals surface area contributed by atoms with Crippen molar-refractivity contribution in [2.75, 3.05) is 24.2 Å². The van der Waals surface area contributed by atoms with E-state index in [1.165, 1.54) is 18.1 Å². The third-order valence-corrected chi connectivity index (χ3v) is 6.99. The Morgan fingerprint density at radius 3 is 2.31 bits per heavy atom. The number of anilines is 1. The number of hydrogen-bond acceptors (Lipinski definition) is 5. The highest BCUT2D eigenvalue weighted by atomic mass is 35.5. The van der Waals surface area contributed by atoms with Gasteiger partial charge < -0.3 is 15.0 Å². The second-order valence-corrected chi connectivity index (χ2v) is 12.1. The van der Waals surface area contributed by atoms with Gasteiger partial charge in [0.25, 0.3) is 0 Å². The van der Waals surface area contributed by atoms with Crippen molar-refractivity contribution in [3.8, 4) is 5.75 Å². The Hall–Kier alpha value is -2.49. The van der Waals surface area contributed by atoms with E-state index in [-0.39, 0.29) is 18.1 Å². The largest absolute Gasteiger partial charge is 0.497 e. The summed E-state index contributed by atoms with van der Waals surface area (Å²) in [4.78, 5) is 28.3. The summed E-state index contributed by atoms with van der Waals surface area (Å²) in [6, 6.07) is 10.4. The third kappa shape index (κ3) is 8.28. The van der Waals surface area contributed by atoms with E-state index in [2.05, 4.69) is 5.32 Å². The average Bonchev–Trinajstić information content (AvgIpc) is 2.76. The Morgan fingerprint density at radius 1 is 1.11 bits per heavy atom. The first kappa shape index (κ1) is 29.7. The van der Waals surface area contributed by atoms with Gasteiger partial charge in [0.15, 0.2) is 0 Å². The first-order valence-electron chi connectivity index (χ1n) is 11.3. The van der Waals surface area contributed by atoms with Crippen LogP contribution in [0.5, 0.6) is 5.75 Å². The van der Waals surface area contributed by atoms with Crippen LogP contribution in [0.25, 0.3) is 0 Å². The van der Waals surface area contributed by atoms with Gasteiger partial charge in [0, 0.05) is 28.2 Å². The van der Waals surface area contributed by atoms with Crippen LogP contribution in [0.15, 0.2) is 42.5 Å². The minimum atomic E-state index is -3.85. The van der Waals surface area contributed by atoms with E-state index in [1.807, 2.05) is 20.8 Å². The fourth-order valence-corrected chi connectivity index (χ4v) is 4.89. The Morgan fingerprint density at radius 2 is 1.78 bits per heavy atom. The van der Waals surface area contributed by atoms with Crippen LogP contribution >= 0.6 is 23.2 Å². The summed E-state index contributed by atoms with van der Waals surface area (Å²) in [6.45, 7) is 6.78. The van der Waals surface area contributed by atoms with Crippen LogP contribution in [0, 0.1) is 0 Å². The van der Waals surface area contributed by atoms with E-state index in [9.17, 15) is 18.0 Å². The minimum absolute atomic E-state index is 0.0133. The molecule has 11 heteroatoms. The number of rotatable bonds is 10. The molecule has 0 aromatic heterocycles. The quantitative estimate of drug-likeness (QED) is 0.464. The van der Waals surface area contributed by atoms with E-state index >= 15 is 0 Å². The van der Waals surface area contributed by atoms with E-state index < -0.39 is 34.1 Å². The summed E-state index contributed by atoms with van der Waals surface area (Å²) in [6.07, 6.45) is 1.32. The van der Waals surface area contributed by atoms with E-state index in [0.717, 1.165) is 10.6 Å². The summed E-state index contributed by atoms with van der Waals surface area (Å²) in [5, 5.41) is 3.67. The molecule has 0 saturated heterocycles. The number of benzene rings is 2. The molecule has 0 unspecified atom stereocenters. The fourth-order valence-electron chi connectivity index (χ4n) is 3.59. The first-order chi connectivity index (χ1) is 16.7. The maximum atomic E-state index is 13.7. The molecule has 2 rings (SSSR count). The van der Waals surface area contributed by atoms with Gasteiger partial charge >= 0.3 is 0 Å². The molecule has 0 saturated carbocycles. The maximum absolute atomic E-state index is 13.7. The molecule has 0 aliphatic heterocycles. The van der Waals surface area contributed by atoms with Crippen LogP contribution in [0.2, 0.25) is 10.0 Å². The van der Waals surface area contributed by atoms with E-state index in [1.54, 1.807) is 43.3 Å². The number of ether oxygens (including phenoxy) is 1. The van der Waals surface area contributed by atoms with Crippen molar-refractivity contribution >= 4 is 50.7 Å². The zero-order valence-corrected chi connectivity index (χ0v) is 23.7. The summed E-state index contributed by atoms with van der Waals surface area (Å²) in [5.74, 6) is -0.477. The number of halogens is 2. The highest BCUT2D eigenvalue weighted by Crippen LogP contribution is 2.26. The van der Waals surface area contributed by atoms with Crippen LogP contribution in [0.4, 0.5) is 5.69 Å². The molecular weight excluding hydrogens is 525 g/mol. The van der Waals surface area contributed by atoms with Gasteiger partial charge in [-0.05, 0) is 57.0 Å². The van der Waals surface area contributed by atoms with Crippen LogP contribution in [0.3, 0.4) is 0 Å². The summed E-state index contributed by atoms with van der Waals surface area (Å²) >= 11 is 12.4. The number of methoxy groups -OCH3 is 1. The van der Waals surface area contributed by atoms with Gasteiger partial charge in [0.1, 0.15) is 18.3 Å². The third-order valence-electron chi connectivity index (χ3n) is 5.26. The van der Waals surface area contributed by atoms with Crippen LogP contribution in [-0.2, 0) is 26.2 Å². The number of nitrogens with zero attached hydrogens (tertiary/aromatic N) is 2. The molecule has 36 heavy (non-hydrogen) atoms. The van der Waals surface area contributed by atoms with Crippen molar-refractivity contribution in [2.45, 2.75) is 52.2 Å². The van der Waals surface area contributed by atoms with Gasteiger partial charge in [0.05, 0.1) is 19.1 Å². The lowest BCUT2D eigenvalue weighted by Crippen LogP contribution is -2.55. The molecule has 0 radical (unpaired) electrons. The number of carbonyl (C=O) groups excluding carboxylic acids is 2. The van der Waals surface area contributed by atoms with Crippen LogP contribution in [-0.4, -0.2) is 56.6 Å². The first-order valence-corrected chi connectivity index (χ1v) is 13.9. The van der Waals surface area contributed by atoms with E-state index in [0.29, 0.717) is 27.8 Å². The molecule has 2 aromatic rings. The molecule has 8 nitrogen and oxygen atoms in total.